The van der Waals surface area contributed by atoms with Crippen molar-refractivity contribution in [3.05, 3.63) is 34.9 Å². The summed E-state index contributed by atoms with van der Waals surface area (Å²) in [6.07, 6.45) is 7.44. The van der Waals surface area contributed by atoms with E-state index in [4.69, 9.17) is 4.98 Å². The fourth-order valence-electron chi connectivity index (χ4n) is 2.17. The number of piperidine rings is 1. The van der Waals surface area contributed by atoms with Crippen LogP contribution in [0.15, 0.2) is 29.9 Å². The van der Waals surface area contributed by atoms with E-state index in [0.29, 0.717) is 6.04 Å². The van der Waals surface area contributed by atoms with Crippen LogP contribution in [-0.4, -0.2) is 16.5 Å². The van der Waals surface area contributed by atoms with Crippen molar-refractivity contribution >= 4 is 11.3 Å². The fourth-order valence-corrected chi connectivity index (χ4v) is 3.10. The second-order valence-corrected chi connectivity index (χ2v) is 5.20. The predicted octanol–water partition coefficient (Wildman–Crippen LogP) is 3.02. The molecule has 3 heterocycles. The van der Waals surface area contributed by atoms with Gasteiger partial charge in [0, 0.05) is 23.3 Å². The van der Waals surface area contributed by atoms with Crippen molar-refractivity contribution in [1.82, 2.24) is 15.3 Å². The van der Waals surface area contributed by atoms with Crippen LogP contribution in [0.2, 0.25) is 0 Å². The minimum Gasteiger partial charge on any atom is -0.308 e. The minimum atomic E-state index is 0.462. The zero-order valence-corrected chi connectivity index (χ0v) is 10.4. The normalized spacial score (nSPS) is 20.4. The SMILES string of the molecule is c1cc(-c2csc([C@H]3CCCCN3)n2)ccn1. The molecule has 0 aliphatic carbocycles. The summed E-state index contributed by atoms with van der Waals surface area (Å²) < 4.78 is 0. The molecule has 1 aliphatic heterocycles. The van der Waals surface area contributed by atoms with Crippen LogP contribution in [-0.2, 0) is 0 Å². The number of hydrogen-bond donors (Lipinski definition) is 1. The zero-order chi connectivity index (χ0) is 11.5. The Kier molecular flexibility index (Phi) is 3.16. The fraction of sp³-hybridized carbons (Fsp3) is 0.385. The number of rotatable bonds is 2. The molecule has 1 saturated heterocycles. The van der Waals surface area contributed by atoms with Crippen LogP contribution < -0.4 is 5.32 Å². The average Bonchev–Trinajstić information content (AvgIpc) is 2.90. The Morgan fingerprint density at radius 2 is 2.12 bits per heavy atom. The maximum Gasteiger partial charge on any atom is 0.110 e. The molecule has 0 radical (unpaired) electrons. The molecule has 1 atom stereocenters. The number of thiazole rings is 1. The molecule has 1 fully saturated rings. The molecule has 0 spiro atoms. The predicted molar refractivity (Wildman–Crippen MR) is 69.9 cm³/mol. The maximum absolute atomic E-state index is 4.73. The van der Waals surface area contributed by atoms with Crippen LogP contribution in [0.5, 0.6) is 0 Å². The molecule has 17 heavy (non-hydrogen) atoms. The summed E-state index contributed by atoms with van der Waals surface area (Å²) in [4.78, 5) is 8.76. The molecule has 0 aromatic carbocycles. The van der Waals surface area contributed by atoms with E-state index in [0.717, 1.165) is 17.8 Å². The average molecular weight is 245 g/mol. The van der Waals surface area contributed by atoms with Gasteiger partial charge in [-0.2, -0.15) is 0 Å². The van der Waals surface area contributed by atoms with Gasteiger partial charge >= 0.3 is 0 Å². The van der Waals surface area contributed by atoms with Crippen molar-refractivity contribution in [2.45, 2.75) is 25.3 Å². The molecule has 0 unspecified atom stereocenters. The summed E-state index contributed by atoms with van der Waals surface area (Å²) in [6, 6.07) is 4.48. The van der Waals surface area contributed by atoms with E-state index < -0.39 is 0 Å². The van der Waals surface area contributed by atoms with Crippen LogP contribution in [0.3, 0.4) is 0 Å². The van der Waals surface area contributed by atoms with Gasteiger partial charge in [0.15, 0.2) is 0 Å². The highest BCUT2D eigenvalue weighted by Crippen LogP contribution is 2.29. The van der Waals surface area contributed by atoms with Gasteiger partial charge in [-0.3, -0.25) is 4.98 Å². The molecule has 2 aromatic rings. The number of nitrogens with one attached hydrogen (secondary N) is 1. The van der Waals surface area contributed by atoms with E-state index in [2.05, 4.69) is 15.7 Å². The van der Waals surface area contributed by atoms with Gasteiger partial charge in [-0.15, -0.1) is 11.3 Å². The Morgan fingerprint density at radius 1 is 1.24 bits per heavy atom. The molecule has 0 saturated carbocycles. The monoisotopic (exact) mass is 245 g/mol. The van der Waals surface area contributed by atoms with Crippen molar-refractivity contribution in [1.29, 1.82) is 0 Å². The zero-order valence-electron chi connectivity index (χ0n) is 9.60. The summed E-state index contributed by atoms with van der Waals surface area (Å²) in [5.74, 6) is 0. The second kappa shape index (κ2) is 4.94. The summed E-state index contributed by atoms with van der Waals surface area (Å²) in [6.45, 7) is 1.12. The van der Waals surface area contributed by atoms with Crippen LogP contribution in [0.4, 0.5) is 0 Å². The molecule has 0 bridgehead atoms. The maximum atomic E-state index is 4.73. The van der Waals surface area contributed by atoms with Gasteiger partial charge in [0.2, 0.25) is 0 Å². The van der Waals surface area contributed by atoms with E-state index >= 15 is 0 Å². The lowest BCUT2D eigenvalue weighted by Crippen LogP contribution is -2.26. The van der Waals surface area contributed by atoms with Crippen molar-refractivity contribution in [3.8, 4) is 11.3 Å². The molecule has 4 heteroatoms. The highest BCUT2D eigenvalue weighted by Gasteiger charge is 2.18. The van der Waals surface area contributed by atoms with Crippen LogP contribution in [0, 0.1) is 0 Å². The summed E-state index contributed by atoms with van der Waals surface area (Å²) in [5.41, 5.74) is 2.22. The lowest BCUT2D eigenvalue weighted by Gasteiger charge is -2.21. The van der Waals surface area contributed by atoms with Crippen LogP contribution in [0.25, 0.3) is 11.3 Å². The highest BCUT2D eigenvalue weighted by molar-refractivity contribution is 7.10. The summed E-state index contributed by atoms with van der Waals surface area (Å²) in [7, 11) is 0. The van der Waals surface area contributed by atoms with Crippen LogP contribution in [0.1, 0.15) is 30.3 Å². The minimum absolute atomic E-state index is 0.462. The largest absolute Gasteiger partial charge is 0.308 e. The van der Waals surface area contributed by atoms with Crippen LogP contribution >= 0.6 is 11.3 Å². The van der Waals surface area contributed by atoms with E-state index in [1.807, 2.05) is 24.5 Å². The molecule has 1 aliphatic rings. The first-order valence-electron chi connectivity index (χ1n) is 6.03. The molecule has 0 amide bonds. The molecule has 1 N–H and O–H groups in total. The smallest absolute Gasteiger partial charge is 0.110 e. The van der Waals surface area contributed by atoms with E-state index in [1.165, 1.54) is 24.3 Å². The first kappa shape index (κ1) is 10.9. The van der Waals surface area contributed by atoms with Gasteiger partial charge in [-0.1, -0.05) is 6.42 Å². The first-order valence-corrected chi connectivity index (χ1v) is 6.90. The van der Waals surface area contributed by atoms with Gasteiger partial charge in [0.1, 0.15) is 5.01 Å². The number of nitrogens with zero attached hydrogens (tertiary/aromatic N) is 2. The lowest BCUT2D eigenvalue weighted by atomic mass is 10.1. The lowest BCUT2D eigenvalue weighted by molar-refractivity contribution is 0.411. The standard InChI is InChI=1S/C13H15N3S/c1-2-6-15-11(3-1)13-16-12(9-17-13)10-4-7-14-8-5-10/h4-5,7-9,11,15H,1-3,6H2/t11-/m1/s1. The Labute approximate surface area is 105 Å². The van der Waals surface area contributed by atoms with Crippen molar-refractivity contribution in [2.75, 3.05) is 6.54 Å². The molecule has 88 valence electrons. The molecule has 3 rings (SSSR count). The first-order chi connectivity index (χ1) is 8.43. The third-order valence-electron chi connectivity index (χ3n) is 3.11. The number of hydrogen-bond acceptors (Lipinski definition) is 4. The summed E-state index contributed by atoms with van der Waals surface area (Å²) >= 11 is 1.76. The van der Waals surface area contributed by atoms with E-state index in [-0.39, 0.29) is 0 Å². The Balaban J connectivity index is 1.83. The highest BCUT2D eigenvalue weighted by atomic mass is 32.1. The van der Waals surface area contributed by atoms with Crippen molar-refractivity contribution < 1.29 is 0 Å². The third-order valence-corrected chi connectivity index (χ3v) is 4.06. The van der Waals surface area contributed by atoms with Crippen molar-refractivity contribution in [2.24, 2.45) is 0 Å². The van der Waals surface area contributed by atoms with Gasteiger partial charge in [-0.05, 0) is 31.5 Å². The molecule has 3 nitrogen and oxygen atoms in total. The molecule has 2 aromatic heterocycles. The molecular formula is C13H15N3S. The van der Waals surface area contributed by atoms with Gasteiger partial charge in [-0.25, -0.2) is 4.98 Å². The van der Waals surface area contributed by atoms with E-state index in [1.54, 1.807) is 11.3 Å². The summed E-state index contributed by atoms with van der Waals surface area (Å²) in [5, 5.41) is 6.89. The Hall–Kier alpha value is -1.26. The number of pyridine rings is 1. The topological polar surface area (TPSA) is 37.8 Å². The van der Waals surface area contributed by atoms with Gasteiger partial charge in [0.05, 0.1) is 11.7 Å². The Morgan fingerprint density at radius 3 is 2.88 bits per heavy atom. The van der Waals surface area contributed by atoms with E-state index in [9.17, 15) is 0 Å². The second-order valence-electron chi connectivity index (χ2n) is 4.31. The Bertz CT molecular complexity index is 474. The number of aromatic nitrogens is 2. The molecular weight excluding hydrogens is 230 g/mol. The quantitative estimate of drug-likeness (QED) is 0.883. The van der Waals surface area contributed by atoms with Gasteiger partial charge in [0.25, 0.3) is 0 Å². The van der Waals surface area contributed by atoms with Crippen molar-refractivity contribution in [3.63, 3.8) is 0 Å². The third kappa shape index (κ3) is 2.37. The van der Waals surface area contributed by atoms with Gasteiger partial charge < -0.3 is 5.32 Å².